The highest BCUT2D eigenvalue weighted by molar-refractivity contribution is 9.09. The zero-order valence-corrected chi connectivity index (χ0v) is 42.8. The third-order valence-corrected chi connectivity index (χ3v) is 12.2. The van der Waals surface area contributed by atoms with Gasteiger partial charge in [-0.1, -0.05) is 108 Å². The predicted molar refractivity (Wildman–Crippen MR) is 278 cm³/mol. The number of allylic oxidation sites excluding steroid dienone is 5. The van der Waals surface area contributed by atoms with Gasteiger partial charge in [0.2, 0.25) is 23.8 Å². The Hall–Kier alpha value is -5.37. The largest absolute Gasteiger partial charge is 0.478 e. The van der Waals surface area contributed by atoms with Gasteiger partial charge in [0.15, 0.2) is 11.3 Å². The fourth-order valence-electron chi connectivity index (χ4n) is 7.79. The second kappa shape index (κ2) is 27.0. The number of carbonyl (C=O) groups is 1. The smallest absolute Gasteiger partial charge is 0.328 e. The lowest BCUT2D eigenvalue weighted by Gasteiger charge is -2.23. The van der Waals surface area contributed by atoms with Gasteiger partial charge in [-0.25, -0.2) is 4.79 Å². The minimum atomic E-state index is -0.903. The molecule has 366 valence electrons. The van der Waals surface area contributed by atoms with E-state index in [0.29, 0.717) is 66.1 Å². The Bertz CT molecular complexity index is 2510. The Balaban J connectivity index is 0.000000198. The summed E-state index contributed by atoms with van der Waals surface area (Å²) in [7, 11) is 0. The van der Waals surface area contributed by atoms with Gasteiger partial charge < -0.3 is 41.6 Å². The molecule has 0 bridgehead atoms. The number of benzene rings is 1. The van der Waals surface area contributed by atoms with Crippen LogP contribution in [0.15, 0.2) is 84.4 Å². The number of aromatic nitrogens is 8. The average Bonchev–Trinajstić information content (AvgIpc) is 3.98. The quantitative estimate of drug-likeness (QED) is 0.0274. The fourth-order valence-corrected chi connectivity index (χ4v) is 8.24. The molecule has 68 heavy (non-hydrogen) atoms. The number of fused-ring (bicyclic) bond motifs is 2. The normalized spacial score (nSPS) is 15.8. The maximum Gasteiger partial charge on any atom is 0.328 e. The number of nitrogens with one attached hydrogen (secondary N) is 4. The summed E-state index contributed by atoms with van der Waals surface area (Å²) >= 11 is 6.45. The molecule has 0 radical (unpaired) electrons. The number of nitrogens with zero attached hydrogens (tertiary/aromatic N) is 8. The van der Waals surface area contributed by atoms with E-state index < -0.39 is 5.97 Å². The van der Waals surface area contributed by atoms with Crippen LogP contribution in [0.5, 0.6) is 0 Å². The molecule has 2 saturated heterocycles. The lowest BCUT2D eigenvalue weighted by atomic mass is 10.0. The molecule has 0 saturated carbocycles. The van der Waals surface area contributed by atoms with Gasteiger partial charge in [-0.05, 0) is 86.0 Å². The van der Waals surface area contributed by atoms with Crippen LogP contribution in [0.1, 0.15) is 107 Å². The van der Waals surface area contributed by atoms with Crippen molar-refractivity contribution in [3.8, 4) is 0 Å². The van der Waals surface area contributed by atoms with Gasteiger partial charge in [-0.15, -0.1) is 0 Å². The molecular formula is C49H67Br2N13O4. The molecule has 0 atom stereocenters. The maximum absolute atomic E-state index is 9.65. The van der Waals surface area contributed by atoms with Gasteiger partial charge in [0, 0.05) is 85.2 Å². The Kier molecular flexibility index (Phi) is 20.6. The standard InChI is InChI=1S/C25H33BrN6O.C20H29N7O.C4H5BrO2/c1-18(2)22-17-28-32-23(22)30-24(29-21-10-13-33-14-11-21)31-25(32)27-16-20-9-6-8-19(15-20)7-4-3-5-12-26;1-13(2)17-12-23-27-18(17)25-19(24-16-6-8-28-9-7-16)26-20(27)22-11-14-4-3-5-15(21)10-14;5-3-1-2-4(6)7/h3,5-6,8-9,15,17-18,21H,4,7,10-14,16H2,1-2H3,(H2,27,29,30,31);5,10,12-13,16H,3-4,6-9,11,21H2,1-2H3,(H2,22,24,25,26);1-2H,3H2,(H,6,7)/b5-3+;;2-1+. The van der Waals surface area contributed by atoms with Crippen LogP contribution in [-0.4, -0.2) is 106 Å². The average molecular weight is 1060 g/mol. The molecule has 2 aliphatic heterocycles. The van der Waals surface area contributed by atoms with Gasteiger partial charge in [0.25, 0.3) is 0 Å². The molecule has 0 spiro atoms. The van der Waals surface area contributed by atoms with E-state index in [2.05, 4.69) is 134 Å². The Morgan fingerprint density at radius 1 is 0.794 bits per heavy atom. The van der Waals surface area contributed by atoms with E-state index >= 15 is 0 Å². The monoisotopic (exact) mass is 1060 g/mol. The van der Waals surface area contributed by atoms with Crippen molar-refractivity contribution in [1.82, 2.24) is 39.2 Å². The predicted octanol–water partition coefficient (Wildman–Crippen LogP) is 9.17. The van der Waals surface area contributed by atoms with Crippen molar-refractivity contribution in [3.63, 3.8) is 0 Å². The first kappa shape index (κ1) is 52.0. The van der Waals surface area contributed by atoms with Crippen molar-refractivity contribution in [2.75, 3.05) is 64.9 Å². The molecule has 2 fully saturated rings. The first-order valence-electron chi connectivity index (χ1n) is 23.6. The lowest BCUT2D eigenvalue weighted by Crippen LogP contribution is -2.29. The van der Waals surface area contributed by atoms with Gasteiger partial charge >= 0.3 is 5.97 Å². The summed E-state index contributed by atoms with van der Waals surface area (Å²) in [6.45, 7) is 13.1. The number of halogens is 2. The number of carboxylic acid groups (broad SMARTS) is 1. The molecule has 0 unspecified atom stereocenters. The van der Waals surface area contributed by atoms with Crippen molar-refractivity contribution >= 4 is 72.9 Å². The summed E-state index contributed by atoms with van der Waals surface area (Å²) in [5, 5.41) is 32.5. The molecule has 3 aliphatic rings. The molecule has 4 aromatic heterocycles. The summed E-state index contributed by atoms with van der Waals surface area (Å²) in [6.07, 6.45) is 22.8. The fraction of sp³-hybridized carbons (Fsp3) is 0.490. The number of aryl methyl sites for hydroxylation is 1. The van der Waals surface area contributed by atoms with Crippen molar-refractivity contribution < 1.29 is 19.4 Å². The molecule has 17 nitrogen and oxygen atoms in total. The van der Waals surface area contributed by atoms with Crippen molar-refractivity contribution in [2.24, 2.45) is 5.73 Å². The second-order valence-electron chi connectivity index (χ2n) is 17.4. The van der Waals surface area contributed by atoms with E-state index in [1.54, 1.807) is 4.52 Å². The summed E-state index contributed by atoms with van der Waals surface area (Å²) in [5.41, 5.74) is 14.5. The number of carboxylic acids is 1. The van der Waals surface area contributed by atoms with Crippen LogP contribution in [0.4, 0.5) is 23.8 Å². The van der Waals surface area contributed by atoms with E-state index in [-0.39, 0.29) is 0 Å². The maximum atomic E-state index is 9.65. The van der Waals surface area contributed by atoms with E-state index in [1.807, 2.05) is 23.0 Å². The molecule has 5 aromatic rings. The number of nitrogens with two attached hydrogens (primary N) is 1. The van der Waals surface area contributed by atoms with Gasteiger partial charge in [0.05, 0.1) is 12.4 Å². The topological polar surface area (TPSA) is 216 Å². The number of ether oxygens (including phenoxy) is 2. The molecule has 8 rings (SSSR count). The molecule has 7 N–H and O–H groups in total. The molecular weight excluding hydrogens is 994 g/mol. The Morgan fingerprint density at radius 2 is 1.34 bits per heavy atom. The first-order valence-corrected chi connectivity index (χ1v) is 25.8. The molecule has 1 aromatic carbocycles. The highest BCUT2D eigenvalue weighted by Gasteiger charge is 2.21. The Morgan fingerprint density at radius 3 is 1.84 bits per heavy atom. The lowest BCUT2D eigenvalue weighted by molar-refractivity contribution is -0.131. The van der Waals surface area contributed by atoms with Crippen LogP contribution in [0.3, 0.4) is 0 Å². The number of hydrogen-bond acceptors (Lipinski definition) is 14. The van der Waals surface area contributed by atoms with E-state index in [9.17, 15) is 4.79 Å². The van der Waals surface area contributed by atoms with Crippen LogP contribution in [-0.2, 0) is 27.2 Å². The summed E-state index contributed by atoms with van der Waals surface area (Å²) in [4.78, 5) is 28.8. The highest BCUT2D eigenvalue weighted by Crippen LogP contribution is 2.26. The number of aliphatic carboxylic acids is 1. The van der Waals surface area contributed by atoms with Gasteiger partial charge in [-0.2, -0.15) is 39.2 Å². The zero-order valence-electron chi connectivity index (χ0n) is 39.6. The minimum absolute atomic E-state index is 0.328. The molecule has 19 heteroatoms. The molecule has 0 amide bonds. The third kappa shape index (κ3) is 15.8. The molecule has 1 aliphatic carbocycles. The second-order valence-corrected chi connectivity index (χ2v) is 18.7. The number of anilines is 4. The number of alkyl halides is 2. The van der Waals surface area contributed by atoms with E-state index in [4.69, 9.17) is 40.2 Å². The summed E-state index contributed by atoms with van der Waals surface area (Å²) < 4.78 is 14.6. The SMILES string of the molecule is CC(C)c1cnn2c(NCC3=CC(N)=CCC3)nc(NC3CCOCC3)nc12.CC(C)c1cnn2c(NCc3cccc(CC/C=C/CBr)c3)nc(NC3CCOCC3)nc12.O=C(O)/C=C/CBr. The van der Waals surface area contributed by atoms with Crippen LogP contribution in [0, 0.1) is 0 Å². The third-order valence-electron chi connectivity index (χ3n) is 11.5. The molecule has 6 heterocycles. The minimum Gasteiger partial charge on any atom is -0.478 e. The van der Waals surface area contributed by atoms with Gasteiger partial charge in [-0.3, -0.25) is 0 Å². The van der Waals surface area contributed by atoms with Crippen molar-refractivity contribution in [3.05, 3.63) is 107 Å². The van der Waals surface area contributed by atoms with E-state index in [0.717, 1.165) is 117 Å². The van der Waals surface area contributed by atoms with Crippen LogP contribution in [0.2, 0.25) is 0 Å². The summed E-state index contributed by atoms with van der Waals surface area (Å²) in [6, 6.07) is 9.38. The first-order chi connectivity index (χ1) is 33.0. The number of rotatable bonds is 18. The van der Waals surface area contributed by atoms with Crippen molar-refractivity contribution in [2.45, 2.75) is 110 Å². The number of hydrogen-bond donors (Lipinski definition) is 6. The van der Waals surface area contributed by atoms with Crippen molar-refractivity contribution in [1.29, 1.82) is 0 Å². The highest BCUT2D eigenvalue weighted by atomic mass is 79.9. The van der Waals surface area contributed by atoms with E-state index in [1.165, 1.54) is 22.8 Å². The zero-order chi connectivity index (χ0) is 48.3. The van der Waals surface area contributed by atoms with Crippen LogP contribution < -0.4 is 27.0 Å². The Labute approximate surface area is 416 Å². The summed E-state index contributed by atoms with van der Waals surface area (Å²) in [5.74, 6) is 2.44. The van der Waals surface area contributed by atoms with Gasteiger partial charge in [0.1, 0.15) is 0 Å². The van der Waals surface area contributed by atoms with Crippen LogP contribution >= 0.6 is 31.9 Å². The van der Waals surface area contributed by atoms with Crippen LogP contribution in [0.25, 0.3) is 11.3 Å².